The van der Waals surface area contributed by atoms with E-state index in [9.17, 15) is 16.8 Å². The molecule has 6 nitrogen and oxygen atoms in total. The van der Waals surface area contributed by atoms with E-state index in [1.54, 1.807) is 60.7 Å². The Kier molecular flexibility index (Phi) is 10.0. The van der Waals surface area contributed by atoms with E-state index < -0.39 is 29.4 Å². The summed E-state index contributed by atoms with van der Waals surface area (Å²) in [5.74, 6) is 0. The number of rotatable bonds is 8. The number of sulfone groups is 2. The van der Waals surface area contributed by atoms with E-state index in [0.717, 1.165) is 47.9 Å². The SMILES string of the molecule is [C-]#[N+]C(C)(c1cc2c(C(C)([N+]#[C-])S(=O)(=O)c3ccc(CC)cc3)cc1CCCc1ccc(cc1)CCC2)S(=O)(=O)c1ccc(CC)cc1. The van der Waals surface area contributed by atoms with Gasteiger partial charge in [-0.05, 0) is 121 Å². The zero-order chi connectivity index (χ0) is 34.7. The maximum atomic E-state index is 14.4. The van der Waals surface area contributed by atoms with Gasteiger partial charge in [-0.3, -0.25) is 9.69 Å². The second-order valence-corrected chi connectivity index (χ2v) is 17.4. The van der Waals surface area contributed by atoms with Crippen LogP contribution in [0.15, 0.2) is 94.7 Å². The Morgan fingerprint density at radius 1 is 0.562 bits per heavy atom. The van der Waals surface area contributed by atoms with Crippen LogP contribution in [0.2, 0.25) is 0 Å². The van der Waals surface area contributed by atoms with Gasteiger partial charge in [-0.1, -0.05) is 62.4 Å². The zero-order valence-corrected chi connectivity index (χ0v) is 29.7. The van der Waals surface area contributed by atoms with Crippen molar-refractivity contribution in [1.29, 1.82) is 0 Å². The third-order valence-corrected chi connectivity index (χ3v) is 14.4. The maximum Gasteiger partial charge on any atom is 0.356 e. The van der Waals surface area contributed by atoms with E-state index >= 15 is 0 Å². The molecular formula is C40H42N2O4S2. The van der Waals surface area contributed by atoms with E-state index in [1.807, 2.05) is 13.8 Å². The Balaban J connectivity index is 1.76. The van der Waals surface area contributed by atoms with Crippen LogP contribution in [0.4, 0.5) is 0 Å². The number of hydrogen-bond donors (Lipinski definition) is 0. The minimum atomic E-state index is -4.22. The van der Waals surface area contributed by atoms with Gasteiger partial charge in [-0.15, -0.1) is 0 Å². The van der Waals surface area contributed by atoms with Gasteiger partial charge in [-0.2, -0.15) is 0 Å². The second kappa shape index (κ2) is 13.7. The average Bonchev–Trinajstić information content (AvgIpc) is 3.11. The molecular weight excluding hydrogens is 637 g/mol. The normalized spacial score (nSPS) is 16.2. The molecule has 248 valence electrons. The van der Waals surface area contributed by atoms with Crippen molar-refractivity contribution in [3.63, 3.8) is 0 Å². The van der Waals surface area contributed by atoms with Crippen molar-refractivity contribution in [1.82, 2.24) is 0 Å². The molecule has 0 amide bonds. The highest BCUT2D eigenvalue weighted by molar-refractivity contribution is 7.92. The third-order valence-electron chi connectivity index (χ3n) is 9.93. The molecule has 0 radical (unpaired) electrons. The Bertz CT molecular complexity index is 1950. The van der Waals surface area contributed by atoms with Gasteiger partial charge in [0.05, 0.1) is 20.9 Å². The van der Waals surface area contributed by atoms with Crippen molar-refractivity contribution >= 4 is 19.7 Å². The molecule has 8 rings (SSSR count). The van der Waals surface area contributed by atoms with Crippen molar-refractivity contribution in [3.8, 4) is 0 Å². The van der Waals surface area contributed by atoms with Crippen LogP contribution in [0, 0.1) is 13.1 Å². The van der Waals surface area contributed by atoms with Gasteiger partial charge in [-0.25, -0.2) is 30.0 Å². The topological polar surface area (TPSA) is 77.0 Å². The van der Waals surface area contributed by atoms with Crippen molar-refractivity contribution in [2.24, 2.45) is 0 Å². The average molecular weight is 679 g/mol. The number of benzene rings is 4. The summed E-state index contributed by atoms with van der Waals surface area (Å²) in [6.07, 6.45) is 5.04. The van der Waals surface area contributed by atoms with Gasteiger partial charge >= 0.3 is 9.74 Å². The van der Waals surface area contributed by atoms with E-state index in [4.69, 9.17) is 13.1 Å². The van der Waals surface area contributed by atoms with Crippen LogP contribution in [0.3, 0.4) is 0 Å². The first-order valence-corrected chi connectivity index (χ1v) is 19.5. The smallest absolute Gasteiger partial charge is 0.288 e. The summed E-state index contributed by atoms with van der Waals surface area (Å²) in [7, 11) is -8.43. The Labute approximate surface area is 286 Å². The van der Waals surface area contributed by atoms with E-state index in [1.165, 1.54) is 13.8 Å². The molecule has 0 fully saturated rings. The standard InChI is InChI=1S/C40H42N2O4S2/c1-7-29-19-23-35(24-20-29)47(43,44)39(3,41-5)37-27-34-14-10-12-32-17-15-31(16-18-32)11-9-13-33(37)28-38(34)40(4,42-6)48(45,46)36-25-21-30(8-2)22-26-36/h15-28H,7-14H2,1-4H3. The van der Waals surface area contributed by atoms with Gasteiger partial charge in [0.25, 0.3) is 19.7 Å². The lowest BCUT2D eigenvalue weighted by molar-refractivity contribution is 0.561. The largest absolute Gasteiger partial charge is 0.356 e. The van der Waals surface area contributed by atoms with Crippen molar-refractivity contribution in [2.75, 3.05) is 0 Å². The van der Waals surface area contributed by atoms with Crippen LogP contribution in [-0.2, 0) is 67.9 Å². The fourth-order valence-corrected chi connectivity index (χ4v) is 9.71. The molecule has 2 unspecified atom stereocenters. The summed E-state index contributed by atoms with van der Waals surface area (Å²) in [5.41, 5.74) is 6.11. The quantitative estimate of drug-likeness (QED) is 0.175. The molecule has 4 aliphatic carbocycles. The maximum absolute atomic E-state index is 14.4. The molecule has 0 saturated carbocycles. The fourth-order valence-electron chi connectivity index (χ4n) is 6.60. The first-order valence-electron chi connectivity index (χ1n) is 16.5. The van der Waals surface area contributed by atoms with Crippen LogP contribution < -0.4 is 0 Å². The molecule has 0 saturated heterocycles. The lowest BCUT2D eigenvalue weighted by atomic mass is 9.86. The van der Waals surface area contributed by atoms with Crippen LogP contribution in [0.1, 0.15) is 85.0 Å². The highest BCUT2D eigenvalue weighted by atomic mass is 32.2. The minimum absolute atomic E-state index is 0.0628. The molecule has 4 aromatic rings. The van der Waals surface area contributed by atoms with Crippen LogP contribution >= 0.6 is 0 Å². The lowest BCUT2D eigenvalue weighted by Crippen LogP contribution is -2.34. The van der Waals surface area contributed by atoms with Gasteiger partial charge in [0.1, 0.15) is 0 Å². The van der Waals surface area contributed by atoms with Crippen molar-refractivity contribution in [2.45, 2.75) is 98.6 Å². The van der Waals surface area contributed by atoms with E-state index in [0.29, 0.717) is 47.9 Å². The Morgan fingerprint density at radius 2 is 0.896 bits per heavy atom. The van der Waals surface area contributed by atoms with Gasteiger partial charge in [0.15, 0.2) is 0 Å². The van der Waals surface area contributed by atoms with Crippen molar-refractivity contribution < 1.29 is 16.8 Å². The molecule has 2 atom stereocenters. The predicted molar refractivity (Wildman–Crippen MR) is 191 cm³/mol. The summed E-state index contributed by atoms with van der Waals surface area (Å²) in [4.78, 5) is 3.83. The van der Waals surface area contributed by atoms with Crippen LogP contribution in [-0.4, -0.2) is 16.8 Å². The summed E-state index contributed by atoms with van der Waals surface area (Å²) >= 11 is 0. The molecule has 4 aliphatic rings. The summed E-state index contributed by atoms with van der Waals surface area (Å²) < 4.78 is 57.6. The van der Waals surface area contributed by atoms with Crippen LogP contribution in [0.5, 0.6) is 0 Å². The molecule has 0 spiro atoms. The number of nitrogens with zero attached hydrogens (tertiary/aromatic N) is 2. The Hall–Kier alpha value is -4.24. The van der Waals surface area contributed by atoms with E-state index in [2.05, 4.69) is 34.0 Å². The molecule has 4 aromatic carbocycles. The van der Waals surface area contributed by atoms with Crippen molar-refractivity contribution in [3.05, 3.63) is 152 Å². The van der Waals surface area contributed by atoms with E-state index in [-0.39, 0.29) is 9.79 Å². The molecule has 4 bridgehead atoms. The van der Waals surface area contributed by atoms with Crippen LogP contribution in [0.25, 0.3) is 9.69 Å². The minimum Gasteiger partial charge on any atom is -0.288 e. The number of aryl methyl sites for hydroxylation is 6. The highest BCUT2D eigenvalue weighted by Gasteiger charge is 2.54. The first kappa shape index (κ1) is 35.1. The monoisotopic (exact) mass is 678 g/mol. The van der Waals surface area contributed by atoms with Gasteiger partial charge in [0.2, 0.25) is 0 Å². The fraction of sp³-hybridized carbons (Fsp3) is 0.350. The Morgan fingerprint density at radius 3 is 1.19 bits per heavy atom. The summed E-state index contributed by atoms with van der Waals surface area (Å²) in [6, 6.07) is 25.3. The highest BCUT2D eigenvalue weighted by Crippen LogP contribution is 2.45. The number of hydrogen-bond acceptors (Lipinski definition) is 4. The predicted octanol–water partition coefficient (Wildman–Crippen LogP) is 8.61. The molecule has 0 aromatic heterocycles. The van der Waals surface area contributed by atoms with Gasteiger partial charge in [0, 0.05) is 13.8 Å². The molecule has 0 heterocycles. The van der Waals surface area contributed by atoms with Gasteiger partial charge < -0.3 is 0 Å². The molecule has 0 N–H and O–H groups in total. The first-order chi connectivity index (χ1) is 22.8. The molecule has 8 heteroatoms. The summed E-state index contributed by atoms with van der Waals surface area (Å²) in [5, 5.41) is 0. The summed E-state index contributed by atoms with van der Waals surface area (Å²) in [6.45, 7) is 23.6. The zero-order valence-electron chi connectivity index (χ0n) is 28.1. The lowest BCUT2D eigenvalue weighted by Gasteiger charge is -2.27. The molecule has 48 heavy (non-hydrogen) atoms. The second-order valence-electron chi connectivity index (χ2n) is 12.9. The third kappa shape index (κ3) is 6.20. The molecule has 0 aliphatic heterocycles.